The van der Waals surface area contributed by atoms with Crippen LogP contribution >= 0.6 is 34.5 Å². The molecule has 0 spiro atoms. The quantitative estimate of drug-likeness (QED) is 0.625. The number of nitrogens with one attached hydrogen (secondary N) is 1. The van der Waals surface area contributed by atoms with Crippen LogP contribution in [0.25, 0.3) is 10.8 Å². The zero-order valence-corrected chi connectivity index (χ0v) is 13.9. The van der Waals surface area contributed by atoms with Gasteiger partial charge in [0.1, 0.15) is 0 Å². The van der Waals surface area contributed by atoms with Gasteiger partial charge in [0, 0.05) is 15.3 Å². The van der Waals surface area contributed by atoms with Gasteiger partial charge in [-0.1, -0.05) is 60.5 Å². The summed E-state index contributed by atoms with van der Waals surface area (Å²) in [5.74, 6) is 0. The highest BCUT2D eigenvalue weighted by molar-refractivity contribution is 7.16. The van der Waals surface area contributed by atoms with Gasteiger partial charge in [-0.05, 0) is 35.7 Å². The Morgan fingerprint density at radius 3 is 2.43 bits per heavy atom. The number of hydrogen-bond donors (Lipinski definition) is 1. The molecule has 0 bridgehead atoms. The molecule has 108 valence electrons. The van der Waals surface area contributed by atoms with Gasteiger partial charge in [0.15, 0.2) is 0 Å². The van der Waals surface area contributed by atoms with Crippen molar-refractivity contribution in [1.29, 1.82) is 0 Å². The standard InChI is InChI=1S/C17H15Cl2NS/c1-2-20-17(15-9-10-16(19)21-15)13-7-8-14(18)12-6-4-3-5-11(12)13/h3-10,17,20H,2H2,1H3. The zero-order chi connectivity index (χ0) is 14.8. The molecule has 0 radical (unpaired) electrons. The smallest absolute Gasteiger partial charge is 0.0931 e. The van der Waals surface area contributed by atoms with Gasteiger partial charge in [0.05, 0.1) is 10.4 Å². The summed E-state index contributed by atoms with van der Waals surface area (Å²) in [5.41, 5.74) is 1.23. The third-order valence-corrected chi connectivity index (χ3v) is 5.13. The molecule has 1 N–H and O–H groups in total. The number of hydrogen-bond acceptors (Lipinski definition) is 2. The number of benzene rings is 2. The van der Waals surface area contributed by atoms with Crippen molar-refractivity contribution in [2.24, 2.45) is 0 Å². The van der Waals surface area contributed by atoms with Crippen molar-refractivity contribution in [2.45, 2.75) is 13.0 Å². The maximum atomic E-state index is 6.32. The molecule has 0 saturated carbocycles. The fourth-order valence-corrected chi connectivity index (χ4v) is 3.97. The van der Waals surface area contributed by atoms with Crippen LogP contribution < -0.4 is 5.32 Å². The Morgan fingerprint density at radius 2 is 1.76 bits per heavy atom. The van der Waals surface area contributed by atoms with Crippen LogP contribution in [-0.4, -0.2) is 6.54 Å². The van der Waals surface area contributed by atoms with E-state index in [2.05, 4.69) is 36.5 Å². The summed E-state index contributed by atoms with van der Waals surface area (Å²) >= 11 is 14.0. The normalized spacial score (nSPS) is 12.7. The lowest BCUT2D eigenvalue weighted by molar-refractivity contribution is 0.643. The predicted octanol–water partition coefficient (Wildman–Crippen LogP) is 5.91. The SMILES string of the molecule is CCNC(c1ccc(Cl)s1)c1ccc(Cl)c2ccccc12. The summed E-state index contributed by atoms with van der Waals surface area (Å²) in [6, 6.07) is 16.5. The van der Waals surface area contributed by atoms with Crippen LogP contribution in [0.5, 0.6) is 0 Å². The first-order valence-electron chi connectivity index (χ1n) is 6.86. The van der Waals surface area contributed by atoms with E-state index in [0.29, 0.717) is 0 Å². The van der Waals surface area contributed by atoms with Crippen molar-refractivity contribution in [3.8, 4) is 0 Å². The Morgan fingerprint density at radius 1 is 1.00 bits per heavy atom. The highest BCUT2D eigenvalue weighted by Crippen LogP contribution is 2.36. The predicted molar refractivity (Wildman–Crippen MR) is 93.8 cm³/mol. The lowest BCUT2D eigenvalue weighted by Crippen LogP contribution is -2.21. The van der Waals surface area contributed by atoms with Crippen LogP contribution in [0.2, 0.25) is 9.36 Å². The van der Waals surface area contributed by atoms with Crippen molar-refractivity contribution in [2.75, 3.05) is 6.54 Å². The summed E-state index contributed by atoms with van der Waals surface area (Å²) in [6.45, 7) is 3.00. The Labute approximate surface area is 138 Å². The van der Waals surface area contributed by atoms with Gasteiger partial charge >= 0.3 is 0 Å². The van der Waals surface area contributed by atoms with Gasteiger partial charge in [-0.2, -0.15) is 0 Å². The summed E-state index contributed by atoms with van der Waals surface area (Å²) in [5, 5.41) is 6.60. The van der Waals surface area contributed by atoms with E-state index in [1.54, 1.807) is 11.3 Å². The second-order valence-electron chi connectivity index (χ2n) is 4.81. The van der Waals surface area contributed by atoms with E-state index in [9.17, 15) is 0 Å². The third kappa shape index (κ3) is 2.95. The molecule has 1 unspecified atom stereocenters. The molecule has 4 heteroatoms. The van der Waals surface area contributed by atoms with Crippen LogP contribution in [0, 0.1) is 0 Å². The second kappa shape index (κ2) is 6.37. The molecule has 3 rings (SSSR count). The van der Waals surface area contributed by atoms with Crippen molar-refractivity contribution >= 4 is 45.3 Å². The van der Waals surface area contributed by atoms with Gasteiger partial charge in [-0.15, -0.1) is 11.3 Å². The molecule has 0 fully saturated rings. The minimum absolute atomic E-state index is 0.134. The van der Waals surface area contributed by atoms with E-state index in [0.717, 1.165) is 21.3 Å². The molecule has 1 aromatic heterocycles. The molecule has 21 heavy (non-hydrogen) atoms. The van der Waals surface area contributed by atoms with E-state index in [1.165, 1.54) is 15.8 Å². The van der Waals surface area contributed by atoms with E-state index >= 15 is 0 Å². The molecule has 0 aliphatic carbocycles. The summed E-state index contributed by atoms with van der Waals surface area (Å²) in [4.78, 5) is 1.22. The Hall–Kier alpha value is -1.06. The molecule has 0 amide bonds. The lowest BCUT2D eigenvalue weighted by Gasteiger charge is -2.19. The molecule has 2 aromatic carbocycles. The molecular weight excluding hydrogens is 321 g/mol. The van der Waals surface area contributed by atoms with Crippen LogP contribution in [-0.2, 0) is 0 Å². The topological polar surface area (TPSA) is 12.0 Å². The van der Waals surface area contributed by atoms with Crippen LogP contribution in [0.4, 0.5) is 0 Å². The Kier molecular flexibility index (Phi) is 4.51. The van der Waals surface area contributed by atoms with Crippen LogP contribution in [0.3, 0.4) is 0 Å². The molecule has 1 heterocycles. The van der Waals surface area contributed by atoms with Crippen LogP contribution in [0.1, 0.15) is 23.4 Å². The first-order chi connectivity index (χ1) is 10.2. The number of fused-ring (bicyclic) bond motifs is 1. The summed E-state index contributed by atoms with van der Waals surface area (Å²) < 4.78 is 0.811. The van der Waals surface area contributed by atoms with Gasteiger partial charge < -0.3 is 5.32 Å². The molecule has 0 aliphatic heterocycles. The average Bonchev–Trinajstić information content (AvgIpc) is 2.92. The van der Waals surface area contributed by atoms with Crippen LogP contribution in [0.15, 0.2) is 48.5 Å². The van der Waals surface area contributed by atoms with Crippen molar-refractivity contribution < 1.29 is 0 Å². The maximum Gasteiger partial charge on any atom is 0.0931 e. The molecule has 1 nitrogen and oxygen atoms in total. The summed E-state index contributed by atoms with van der Waals surface area (Å²) in [6.07, 6.45) is 0. The fraction of sp³-hybridized carbons (Fsp3) is 0.176. The largest absolute Gasteiger partial charge is 0.306 e. The Balaban J connectivity index is 2.18. The second-order valence-corrected chi connectivity index (χ2v) is 6.97. The van der Waals surface area contributed by atoms with E-state index in [-0.39, 0.29) is 6.04 Å². The van der Waals surface area contributed by atoms with Gasteiger partial charge in [0.2, 0.25) is 0 Å². The van der Waals surface area contributed by atoms with Crippen molar-refractivity contribution in [1.82, 2.24) is 5.32 Å². The zero-order valence-electron chi connectivity index (χ0n) is 11.6. The molecule has 0 saturated heterocycles. The van der Waals surface area contributed by atoms with E-state index < -0.39 is 0 Å². The average molecular weight is 336 g/mol. The molecule has 0 aliphatic rings. The minimum Gasteiger partial charge on any atom is -0.306 e. The Bertz CT molecular complexity index is 766. The lowest BCUT2D eigenvalue weighted by atomic mass is 9.97. The van der Waals surface area contributed by atoms with Gasteiger partial charge in [0.25, 0.3) is 0 Å². The third-order valence-electron chi connectivity index (χ3n) is 3.50. The molecule has 3 aromatic rings. The number of halogens is 2. The first kappa shape index (κ1) is 14.9. The maximum absolute atomic E-state index is 6.32. The first-order valence-corrected chi connectivity index (χ1v) is 8.43. The summed E-state index contributed by atoms with van der Waals surface area (Å²) in [7, 11) is 0. The van der Waals surface area contributed by atoms with Crippen molar-refractivity contribution in [3.63, 3.8) is 0 Å². The van der Waals surface area contributed by atoms with Crippen molar-refractivity contribution in [3.05, 3.63) is 68.3 Å². The van der Waals surface area contributed by atoms with Gasteiger partial charge in [-0.25, -0.2) is 0 Å². The minimum atomic E-state index is 0.134. The van der Waals surface area contributed by atoms with E-state index in [1.807, 2.05) is 24.3 Å². The number of thiophene rings is 1. The van der Waals surface area contributed by atoms with Gasteiger partial charge in [-0.3, -0.25) is 0 Å². The highest BCUT2D eigenvalue weighted by atomic mass is 35.5. The van der Waals surface area contributed by atoms with E-state index in [4.69, 9.17) is 23.2 Å². The molecule has 1 atom stereocenters. The monoisotopic (exact) mass is 335 g/mol. The fourth-order valence-electron chi connectivity index (χ4n) is 2.59. The number of rotatable bonds is 4. The molecular formula is C17H15Cl2NS. The highest BCUT2D eigenvalue weighted by Gasteiger charge is 2.18.